The molecule has 2 heteroatoms. The van der Waals surface area contributed by atoms with Crippen molar-refractivity contribution in [1.29, 1.82) is 0 Å². The fourth-order valence-corrected chi connectivity index (χ4v) is 3.13. The Balaban J connectivity index is 2.12. The molecule has 0 spiro atoms. The van der Waals surface area contributed by atoms with Crippen LogP contribution in [0.2, 0.25) is 0 Å². The minimum Gasteiger partial charge on any atom is -0.364 e. The third-order valence-corrected chi connectivity index (χ3v) is 3.93. The molecule has 1 fully saturated rings. The van der Waals surface area contributed by atoms with Crippen molar-refractivity contribution >= 4 is 11.8 Å². The van der Waals surface area contributed by atoms with E-state index in [1.54, 1.807) is 0 Å². The first-order valence-corrected chi connectivity index (χ1v) is 7.18. The van der Waals surface area contributed by atoms with Gasteiger partial charge in [0.05, 0.1) is 6.10 Å². The third-order valence-electron chi connectivity index (χ3n) is 2.74. The summed E-state index contributed by atoms with van der Waals surface area (Å²) in [6.45, 7) is 4.51. The number of ether oxygens (including phenoxy) is 1. The van der Waals surface area contributed by atoms with E-state index in [-0.39, 0.29) is 0 Å². The summed E-state index contributed by atoms with van der Waals surface area (Å²) in [5.41, 5.74) is 0.506. The van der Waals surface area contributed by atoms with Gasteiger partial charge in [-0.05, 0) is 25.0 Å². The van der Waals surface area contributed by atoms with Crippen molar-refractivity contribution in [2.45, 2.75) is 70.3 Å². The van der Waals surface area contributed by atoms with Crippen molar-refractivity contribution in [2.24, 2.45) is 0 Å². The molecule has 2 unspecified atom stereocenters. The van der Waals surface area contributed by atoms with E-state index in [1.165, 1.54) is 50.7 Å². The molecule has 0 aromatic carbocycles. The molecule has 0 aromatic heterocycles. The predicted octanol–water partition coefficient (Wildman–Crippen LogP) is 4.22. The molecule has 84 valence electrons. The molecule has 1 rings (SSSR count). The molecule has 0 amide bonds. The fraction of sp³-hybridized carbons (Fsp3) is 1.00. The zero-order valence-corrected chi connectivity index (χ0v) is 10.4. The van der Waals surface area contributed by atoms with Gasteiger partial charge in [-0.1, -0.05) is 39.5 Å². The molecule has 14 heavy (non-hydrogen) atoms. The summed E-state index contributed by atoms with van der Waals surface area (Å²) in [5, 5.41) is 0. The fourth-order valence-electron chi connectivity index (χ4n) is 1.90. The first kappa shape index (κ1) is 12.4. The maximum atomic E-state index is 6.04. The van der Waals surface area contributed by atoms with E-state index in [9.17, 15) is 0 Å². The largest absolute Gasteiger partial charge is 0.364 e. The van der Waals surface area contributed by atoms with Crippen LogP contribution in [0, 0.1) is 0 Å². The van der Waals surface area contributed by atoms with E-state index in [0.717, 1.165) is 0 Å². The molecule has 0 saturated carbocycles. The molecule has 2 atom stereocenters. The summed E-state index contributed by atoms with van der Waals surface area (Å²) < 4.78 is 6.04. The maximum absolute atomic E-state index is 6.04. The zero-order valence-electron chi connectivity index (χ0n) is 9.63. The molecule has 1 heterocycles. The number of unbranched alkanes of at least 4 members (excludes halogenated alkanes) is 2. The molecule has 1 nitrogen and oxygen atoms in total. The Morgan fingerprint density at radius 2 is 2.00 bits per heavy atom. The average Bonchev–Trinajstić information content (AvgIpc) is 2.19. The molecule has 0 aromatic rings. The Bertz CT molecular complexity index is 136. The van der Waals surface area contributed by atoms with Gasteiger partial charge in [-0.15, -0.1) is 11.8 Å². The van der Waals surface area contributed by atoms with Gasteiger partial charge >= 0.3 is 0 Å². The molecule has 1 saturated heterocycles. The Hall–Kier alpha value is 0.310. The summed E-state index contributed by atoms with van der Waals surface area (Å²) in [5.74, 6) is 1.31. The normalized spacial score (nSPS) is 27.9. The number of rotatable bonds is 6. The van der Waals surface area contributed by atoms with Gasteiger partial charge in [-0.3, -0.25) is 0 Å². The highest BCUT2D eigenvalue weighted by atomic mass is 32.2. The van der Waals surface area contributed by atoms with E-state index in [2.05, 4.69) is 13.8 Å². The Morgan fingerprint density at radius 3 is 2.71 bits per heavy atom. The quantitative estimate of drug-likeness (QED) is 0.615. The molecular weight excluding hydrogens is 192 g/mol. The van der Waals surface area contributed by atoms with E-state index >= 15 is 0 Å². The molecule has 1 aliphatic rings. The van der Waals surface area contributed by atoms with Crippen LogP contribution in [0.5, 0.6) is 0 Å². The second-order valence-corrected chi connectivity index (χ2v) is 5.40. The van der Waals surface area contributed by atoms with Crippen molar-refractivity contribution in [2.75, 3.05) is 5.75 Å². The van der Waals surface area contributed by atoms with Gasteiger partial charge in [0, 0.05) is 0 Å². The van der Waals surface area contributed by atoms with E-state index in [1.807, 2.05) is 11.8 Å². The van der Waals surface area contributed by atoms with Crippen molar-refractivity contribution in [3.8, 4) is 0 Å². The molecule has 1 aliphatic heterocycles. The van der Waals surface area contributed by atoms with Crippen LogP contribution >= 0.6 is 11.8 Å². The van der Waals surface area contributed by atoms with E-state index in [0.29, 0.717) is 11.5 Å². The summed E-state index contributed by atoms with van der Waals surface area (Å²) in [4.78, 5) is 0. The smallest absolute Gasteiger partial charge is 0.103 e. The summed E-state index contributed by atoms with van der Waals surface area (Å²) in [7, 11) is 0. The Morgan fingerprint density at radius 1 is 1.14 bits per heavy atom. The van der Waals surface area contributed by atoms with Crippen LogP contribution in [-0.2, 0) is 4.74 Å². The van der Waals surface area contributed by atoms with Crippen molar-refractivity contribution in [1.82, 2.24) is 0 Å². The van der Waals surface area contributed by atoms with Gasteiger partial charge in [-0.2, -0.15) is 0 Å². The van der Waals surface area contributed by atoms with Gasteiger partial charge < -0.3 is 4.74 Å². The van der Waals surface area contributed by atoms with Crippen LogP contribution in [0.1, 0.15) is 58.8 Å². The van der Waals surface area contributed by atoms with Crippen LogP contribution in [0.15, 0.2) is 0 Å². The number of hydrogen-bond acceptors (Lipinski definition) is 2. The van der Waals surface area contributed by atoms with Gasteiger partial charge in [0.15, 0.2) is 0 Å². The van der Waals surface area contributed by atoms with E-state index < -0.39 is 0 Å². The SMILES string of the molecule is CCCCCC1OC(CCC)CCS1. The van der Waals surface area contributed by atoms with Gasteiger partial charge in [0.25, 0.3) is 0 Å². The molecule has 0 bridgehead atoms. The Kier molecular flexibility index (Phi) is 6.70. The standard InChI is InChI=1S/C12H24OS/c1-3-5-6-8-12-13-11(7-4-2)9-10-14-12/h11-12H,3-10H2,1-2H3. The lowest BCUT2D eigenvalue weighted by atomic mass is 10.1. The third kappa shape index (κ3) is 4.70. The van der Waals surface area contributed by atoms with Crippen LogP contribution < -0.4 is 0 Å². The minimum atomic E-state index is 0.506. The van der Waals surface area contributed by atoms with Crippen molar-refractivity contribution in [3.63, 3.8) is 0 Å². The van der Waals surface area contributed by atoms with Crippen molar-refractivity contribution in [3.05, 3.63) is 0 Å². The molecule has 0 N–H and O–H groups in total. The second kappa shape index (κ2) is 7.58. The summed E-state index contributed by atoms with van der Waals surface area (Å²) in [6.07, 6.45) is 9.62. The first-order valence-electron chi connectivity index (χ1n) is 6.13. The summed E-state index contributed by atoms with van der Waals surface area (Å²) in [6, 6.07) is 0. The van der Waals surface area contributed by atoms with Crippen LogP contribution in [0.4, 0.5) is 0 Å². The molecule has 0 aliphatic carbocycles. The lowest BCUT2D eigenvalue weighted by Crippen LogP contribution is -2.26. The highest BCUT2D eigenvalue weighted by Crippen LogP contribution is 2.29. The minimum absolute atomic E-state index is 0.506. The van der Waals surface area contributed by atoms with Gasteiger partial charge in [0.1, 0.15) is 5.44 Å². The van der Waals surface area contributed by atoms with Crippen molar-refractivity contribution < 1.29 is 4.74 Å². The molecular formula is C12H24OS. The lowest BCUT2D eigenvalue weighted by molar-refractivity contribution is 0.0161. The predicted molar refractivity (Wildman–Crippen MR) is 64.8 cm³/mol. The zero-order chi connectivity index (χ0) is 10.2. The number of hydrogen-bond donors (Lipinski definition) is 0. The monoisotopic (exact) mass is 216 g/mol. The maximum Gasteiger partial charge on any atom is 0.103 e. The number of thioether (sulfide) groups is 1. The Labute approximate surface area is 93.0 Å². The lowest BCUT2D eigenvalue weighted by Gasteiger charge is -2.29. The van der Waals surface area contributed by atoms with Gasteiger partial charge in [-0.25, -0.2) is 0 Å². The van der Waals surface area contributed by atoms with Crippen LogP contribution in [-0.4, -0.2) is 17.3 Å². The summed E-state index contributed by atoms with van der Waals surface area (Å²) >= 11 is 2.02. The average molecular weight is 216 g/mol. The van der Waals surface area contributed by atoms with E-state index in [4.69, 9.17) is 4.74 Å². The van der Waals surface area contributed by atoms with Gasteiger partial charge in [0.2, 0.25) is 0 Å². The van der Waals surface area contributed by atoms with Crippen LogP contribution in [0.3, 0.4) is 0 Å². The highest BCUT2D eigenvalue weighted by molar-refractivity contribution is 7.99. The topological polar surface area (TPSA) is 9.23 Å². The molecule has 0 radical (unpaired) electrons. The van der Waals surface area contributed by atoms with Crippen LogP contribution in [0.25, 0.3) is 0 Å². The highest BCUT2D eigenvalue weighted by Gasteiger charge is 2.21. The second-order valence-electron chi connectivity index (χ2n) is 4.13. The first-order chi connectivity index (χ1) is 6.86.